The normalized spacial score (nSPS) is 18.6. The molecule has 4 heteroatoms. The zero-order valence-corrected chi connectivity index (χ0v) is 13.3. The monoisotopic (exact) mass is 292 g/mol. The summed E-state index contributed by atoms with van der Waals surface area (Å²) in [5, 5.41) is 3.60. The second-order valence-electron chi connectivity index (χ2n) is 6.36. The third-order valence-corrected chi connectivity index (χ3v) is 4.41. The molecule has 0 amide bonds. The number of rotatable bonds is 4. The molecule has 1 aromatic carbocycles. The Kier molecular flexibility index (Phi) is 4.53. The van der Waals surface area contributed by atoms with Gasteiger partial charge in [-0.25, -0.2) is 0 Å². The van der Waals surface area contributed by atoms with Gasteiger partial charge in [0.25, 0.3) is 0 Å². The summed E-state index contributed by atoms with van der Waals surface area (Å²) in [5.41, 5.74) is 8.16. The van der Waals surface area contributed by atoms with Gasteiger partial charge in [-0.1, -0.05) is 26.1 Å². The van der Waals surface area contributed by atoms with Crippen LogP contribution in [0.4, 0.5) is 5.69 Å². The highest BCUT2D eigenvalue weighted by atomic mass is 32.1. The first kappa shape index (κ1) is 15.1. The van der Waals surface area contributed by atoms with E-state index in [1.807, 2.05) is 18.2 Å². The molecule has 3 N–H and O–H groups in total. The minimum Gasteiger partial charge on any atom is -0.497 e. The highest BCUT2D eigenvalue weighted by Gasteiger charge is 2.27. The molecule has 110 valence electrons. The molecule has 1 aliphatic carbocycles. The topological polar surface area (TPSA) is 47.3 Å². The molecule has 1 aromatic rings. The number of methoxy groups -OCH3 is 1. The van der Waals surface area contributed by atoms with Crippen LogP contribution in [0.3, 0.4) is 0 Å². The van der Waals surface area contributed by atoms with Crippen LogP contribution >= 0.6 is 12.2 Å². The van der Waals surface area contributed by atoms with Crippen LogP contribution in [0.15, 0.2) is 18.2 Å². The van der Waals surface area contributed by atoms with Gasteiger partial charge in [0.2, 0.25) is 0 Å². The Hall–Kier alpha value is -1.29. The average Bonchev–Trinajstić information content (AvgIpc) is 2.40. The van der Waals surface area contributed by atoms with Crippen molar-refractivity contribution >= 4 is 22.9 Å². The van der Waals surface area contributed by atoms with Gasteiger partial charge in [-0.2, -0.15) is 0 Å². The first-order valence-electron chi connectivity index (χ1n) is 7.16. The Bertz CT molecular complexity index is 489. The summed E-state index contributed by atoms with van der Waals surface area (Å²) < 4.78 is 5.29. The minimum atomic E-state index is 0.422. The lowest BCUT2D eigenvalue weighted by Gasteiger charge is -2.35. The van der Waals surface area contributed by atoms with E-state index < -0.39 is 0 Å². The lowest BCUT2D eigenvalue weighted by atomic mass is 9.75. The molecule has 0 heterocycles. The molecule has 0 unspecified atom stereocenters. The standard InChI is InChI=1S/C16H24N2OS/c1-16(2)8-6-11(7-9-16)18-14-10-12(19-3)4-5-13(14)15(17)20/h4-5,10-11,18H,6-9H2,1-3H3,(H2,17,20). The molecule has 3 nitrogen and oxygen atoms in total. The summed E-state index contributed by atoms with van der Waals surface area (Å²) in [7, 11) is 1.67. The number of hydrogen-bond acceptors (Lipinski definition) is 3. The Balaban J connectivity index is 2.14. The van der Waals surface area contributed by atoms with Gasteiger partial charge in [-0.05, 0) is 43.2 Å². The van der Waals surface area contributed by atoms with E-state index in [1.54, 1.807) is 7.11 Å². The Morgan fingerprint density at radius 2 is 2.00 bits per heavy atom. The van der Waals surface area contributed by atoms with Gasteiger partial charge in [0.1, 0.15) is 10.7 Å². The minimum absolute atomic E-state index is 0.422. The highest BCUT2D eigenvalue weighted by molar-refractivity contribution is 7.80. The predicted molar refractivity (Wildman–Crippen MR) is 88.5 cm³/mol. The fourth-order valence-corrected chi connectivity index (χ4v) is 2.93. The van der Waals surface area contributed by atoms with Gasteiger partial charge in [0, 0.05) is 23.4 Å². The molecule has 20 heavy (non-hydrogen) atoms. The molecule has 1 saturated carbocycles. The van der Waals surface area contributed by atoms with Crippen LogP contribution in [-0.4, -0.2) is 18.1 Å². The molecule has 0 bridgehead atoms. The molecule has 2 rings (SSSR count). The van der Waals surface area contributed by atoms with Crippen molar-refractivity contribution in [1.29, 1.82) is 0 Å². The van der Waals surface area contributed by atoms with Crippen LogP contribution in [0.2, 0.25) is 0 Å². The molecule has 0 aromatic heterocycles. The van der Waals surface area contributed by atoms with E-state index in [4.69, 9.17) is 22.7 Å². The fourth-order valence-electron chi connectivity index (χ4n) is 2.75. The molecule has 0 atom stereocenters. The van der Waals surface area contributed by atoms with Gasteiger partial charge in [0.05, 0.1) is 7.11 Å². The summed E-state index contributed by atoms with van der Waals surface area (Å²) in [4.78, 5) is 0.422. The number of benzene rings is 1. The number of nitrogens with two attached hydrogens (primary N) is 1. The highest BCUT2D eigenvalue weighted by Crippen LogP contribution is 2.36. The third kappa shape index (κ3) is 3.63. The second-order valence-corrected chi connectivity index (χ2v) is 6.80. The number of thiocarbonyl (C=S) groups is 1. The first-order chi connectivity index (χ1) is 9.41. The quantitative estimate of drug-likeness (QED) is 0.831. The number of anilines is 1. The zero-order valence-electron chi connectivity index (χ0n) is 12.5. The first-order valence-corrected chi connectivity index (χ1v) is 7.56. The summed E-state index contributed by atoms with van der Waals surface area (Å²) >= 11 is 5.13. The van der Waals surface area contributed by atoms with Crippen molar-refractivity contribution in [2.75, 3.05) is 12.4 Å². The SMILES string of the molecule is COc1ccc(C(N)=S)c(NC2CCC(C)(C)CC2)c1. The molecule has 0 spiro atoms. The summed E-state index contributed by atoms with van der Waals surface area (Å²) in [6.07, 6.45) is 4.86. The van der Waals surface area contributed by atoms with Gasteiger partial charge >= 0.3 is 0 Å². The van der Waals surface area contributed by atoms with Gasteiger partial charge in [-0.3, -0.25) is 0 Å². The van der Waals surface area contributed by atoms with Gasteiger partial charge in [0.15, 0.2) is 0 Å². The Morgan fingerprint density at radius 1 is 1.35 bits per heavy atom. The molecule has 0 aliphatic heterocycles. The van der Waals surface area contributed by atoms with Crippen molar-refractivity contribution < 1.29 is 4.74 Å². The lowest BCUT2D eigenvalue weighted by Crippen LogP contribution is -2.30. The van der Waals surface area contributed by atoms with E-state index in [1.165, 1.54) is 25.7 Å². The predicted octanol–water partition coefficient (Wildman–Crippen LogP) is 3.71. The van der Waals surface area contributed by atoms with Crippen molar-refractivity contribution in [1.82, 2.24) is 0 Å². The van der Waals surface area contributed by atoms with Crippen LogP contribution in [0.5, 0.6) is 5.75 Å². The van der Waals surface area contributed by atoms with E-state index in [9.17, 15) is 0 Å². The Morgan fingerprint density at radius 3 is 2.55 bits per heavy atom. The molecule has 0 saturated heterocycles. The molecular weight excluding hydrogens is 268 g/mol. The molecular formula is C16H24N2OS. The van der Waals surface area contributed by atoms with E-state index >= 15 is 0 Å². The van der Waals surface area contributed by atoms with Crippen LogP contribution in [0, 0.1) is 5.41 Å². The summed E-state index contributed by atoms with van der Waals surface area (Å²) in [5.74, 6) is 0.823. The van der Waals surface area contributed by atoms with E-state index in [2.05, 4.69) is 19.2 Å². The Labute approximate surface area is 126 Å². The zero-order chi connectivity index (χ0) is 14.8. The molecule has 1 fully saturated rings. The van der Waals surface area contributed by atoms with Crippen LogP contribution in [0.25, 0.3) is 0 Å². The summed E-state index contributed by atoms with van der Waals surface area (Å²) in [6.45, 7) is 4.68. The van der Waals surface area contributed by atoms with E-state index in [-0.39, 0.29) is 0 Å². The van der Waals surface area contributed by atoms with Crippen molar-refractivity contribution in [3.63, 3.8) is 0 Å². The van der Waals surface area contributed by atoms with Crippen molar-refractivity contribution in [2.24, 2.45) is 11.1 Å². The summed E-state index contributed by atoms with van der Waals surface area (Å²) in [6, 6.07) is 6.29. The lowest BCUT2D eigenvalue weighted by molar-refractivity contribution is 0.232. The average molecular weight is 292 g/mol. The second kappa shape index (κ2) is 6.00. The number of nitrogens with one attached hydrogen (secondary N) is 1. The van der Waals surface area contributed by atoms with Gasteiger partial charge < -0.3 is 15.8 Å². The van der Waals surface area contributed by atoms with E-state index in [0.29, 0.717) is 16.4 Å². The van der Waals surface area contributed by atoms with Crippen molar-refractivity contribution in [2.45, 2.75) is 45.6 Å². The maximum absolute atomic E-state index is 5.80. The number of hydrogen-bond donors (Lipinski definition) is 2. The van der Waals surface area contributed by atoms with E-state index in [0.717, 1.165) is 17.0 Å². The number of ether oxygens (including phenoxy) is 1. The molecule has 0 radical (unpaired) electrons. The fraction of sp³-hybridized carbons (Fsp3) is 0.562. The van der Waals surface area contributed by atoms with Gasteiger partial charge in [-0.15, -0.1) is 0 Å². The largest absolute Gasteiger partial charge is 0.497 e. The maximum Gasteiger partial charge on any atom is 0.120 e. The van der Waals surface area contributed by atoms with Crippen LogP contribution < -0.4 is 15.8 Å². The van der Waals surface area contributed by atoms with Crippen molar-refractivity contribution in [3.8, 4) is 5.75 Å². The van der Waals surface area contributed by atoms with Crippen molar-refractivity contribution in [3.05, 3.63) is 23.8 Å². The van der Waals surface area contributed by atoms with Crippen LogP contribution in [0.1, 0.15) is 45.1 Å². The smallest absolute Gasteiger partial charge is 0.120 e. The van der Waals surface area contributed by atoms with Crippen LogP contribution in [-0.2, 0) is 0 Å². The maximum atomic E-state index is 5.80. The molecule has 1 aliphatic rings. The third-order valence-electron chi connectivity index (χ3n) is 4.19.